The lowest BCUT2D eigenvalue weighted by atomic mass is 9.95. The quantitative estimate of drug-likeness (QED) is 0.717. The second-order valence-electron chi connectivity index (χ2n) is 3.96. The summed E-state index contributed by atoms with van der Waals surface area (Å²) in [4.78, 5) is 11.2. The van der Waals surface area contributed by atoms with Gasteiger partial charge in [0, 0.05) is 11.8 Å². The second-order valence-corrected chi connectivity index (χ2v) is 5.07. The summed E-state index contributed by atoms with van der Waals surface area (Å²) >= 11 is 1.76. The maximum Gasteiger partial charge on any atom is 0.324 e. The van der Waals surface area contributed by atoms with E-state index in [1.807, 2.05) is 0 Å². The van der Waals surface area contributed by atoms with Crippen molar-refractivity contribution in [2.45, 2.75) is 37.3 Å². The van der Waals surface area contributed by atoms with Crippen LogP contribution in [0.1, 0.15) is 25.7 Å². The molecule has 0 aromatic heterocycles. The van der Waals surface area contributed by atoms with Gasteiger partial charge in [0.15, 0.2) is 0 Å². The Kier molecular flexibility index (Phi) is 2.51. The van der Waals surface area contributed by atoms with Crippen molar-refractivity contribution < 1.29 is 9.90 Å². The van der Waals surface area contributed by atoms with E-state index in [1.54, 1.807) is 11.8 Å². The van der Waals surface area contributed by atoms with Crippen LogP contribution in [0.25, 0.3) is 0 Å². The van der Waals surface area contributed by atoms with Gasteiger partial charge in [-0.3, -0.25) is 10.1 Å². The molecule has 0 aromatic rings. The van der Waals surface area contributed by atoms with Gasteiger partial charge in [0.2, 0.25) is 0 Å². The number of nitrogens with one attached hydrogen (secondary N) is 1. The highest BCUT2D eigenvalue weighted by Crippen LogP contribution is 2.31. The molecule has 2 fully saturated rings. The van der Waals surface area contributed by atoms with Gasteiger partial charge < -0.3 is 5.11 Å². The van der Waals surface area contributed by atoms with Crippen LogP contribution in [0.5, 0.6) is 0 Å². The van der Waals surface area contributed by atoms with Crippen LogP contribution in [0.15, 0.2) is 0 Å². The molecule has 0 radical (unpaired) electrons. The molecule has 2 aliphatic rings. The molecule has 2 rings (SSSR count). The molecule has 1 atom stereocenters. The Morgan fingerprint density at radius 2 is 2.31 bits per heavy atom. The van der Waals surface area contributed by atoms with Gasteiger partial charge in [0.1, 0.15) is 5.54 Å². The first-order valence-electron chi connectivity index (χ1n) is 4.82. The maximum atomic E-state index is 11.2. The molecule has 1 saturated heterocycles. The molecular weight excluding hydrogens is 186 g/mol. The van der Waals surface area contributed by atoms with Crippen molar-refractivity contribution in [3.63, 3.8) is 0 Å². The fourth-order valence-electron chi connectivity index (χ4n) is 1.76. The van der Waals surface area contributed by atoms with E-state index >= 15 is 0 Å². The van der Waals surface area contributed by atoms with Crippen molar-refractivity contribution >= 4 is 17.7 Å². The van der Waals surface area contributed by atoms with E-state index in [-0.39, 0.29) is 0 Å². The highest BCUT2D eigenvalue weighted by molar-refractivity contribution is 7.99. The number of rotatable bonds is 3. The summed E-state index contributed by atoms with van der Waals surface area (Å²) in [5, 5.41) is 12.5. The summed E-state index contributed by atoms with van der Waals surface area (Å²) < 4.78 is 0. The Hall–Kier alpha value is -0.220. The van der Waals surface area contributed by atoms with Crippen molar-refractivity contribution in [2.75, 3.05) is 11.5 Å². The molecule has 1 heterocycles. The molecule has 4 heteroatoms. The molecule has 0 amide bonds. The van der Waals surface area contributed by atoms with E-state index in [0.717, 1.165) is 37.2 Å². The number of thioether (sulfide) groups is 1. The van der Waals surface area contributed by atoms with Crippen LogP contribution in [0.2, 0.25) is 0 Å². The summed E-state index contributed by atoms with van der Waals surface area (Å²) in [6.07, 6.45) is 4.13. The third kappa shape index (κ3) is 1.99. The maximum absolute atomic E-state index is 11.2. The first kappa shape index (κ1) is 9.34. The van der Waals surface area contributed by atoms with E-state index in [9.17, 15) is 9.90 Å². The fourth-order valence-corrected chi connectivity index (χ4v) is 2.95. The molecule has 1 unspecified atom stereocenters. The lowest BCUT2D eigenvalue weighted by Gasteiger charge is -2.33. The number of hydrogen-bond donors (Lipinski definition) is 2. The van der Waals surface area contributed by atoms with E-state index in [1.165, 1.54) is 0 Å². The van der Waals surface area contributed by atoms with Gasteiger partial charge in [-0.15, -0.1) is 0 Å². The zero-order chi connectivity index (χ0) is 9.31. The summed E-state index contributed by atoms with van der Waals surface area (Å²) in [5.41, 5.74) is -0.607. The van der Waals surface area contributed by atoms with Gasteiger partial charge in [-0.1, -0.05) is 0 Å². The zero-order valence-corrected chi connectivity index (χ0v) is 8.40. The van der Waals surface area contributed by atoms with E-state index in [4.69, 9.17) is 0 Å². The topological polar surface area (TPSA) is 49.3 Å². The lowest BCUT2D eigenvalue weighted by Crippen LogP contribution is -2.56. The largest absolute Gasteiger partial charge is 0.480 e. The van der Waals surface area contributed by atoms with Gasteiger partial charge >= 0.3 is 5.97 Å². The van der Waals surface area contributed by atoms with E-state index < -0.39 is 11.5 Å². The second kappa shape index (κ2) is 3.50. The van der Waals surface area contributed by atoms with Crippen molar-refractivity contribution in [3.05, 3.63) is 0 Å². The monoisotopic (exact) mass is 201 g/mol. The first-order chi connectivity index (χ1) is 6.23. The van der Waals surface area contributed by atoms with Gasteiger partial charge in [0.25, 0.3) is 0 Å². The molecule has 3 nitrogen and oxygen atoms in total. The number of hydrogen-bond acceptors (Lipinski definition) is 3. The molecule has 0 spiro atoms. The SMILES string of the molecule is O=C(O)C1(NC2CC2)CCCSC1. The van der Waals surface area contributed by atoms with Crippen LogP contribution < -0.4 is 5.32 Å². The zero-order valence-electron chi connectivity index (χ0n) is 7.58. The van der Waals surface area contributed by atoms with Crippen LogP contribution in [0.4, 0.5) is 0 Å². The Morgan fingerprint density at radius 3 is 2.77 bits per heavy atom. The van der Waals surface area contributed by atoms with Crippen LogP contribution in [0, 0.1) is 0 Å². The fraction of sp³-hybridized carbons (Fsp3) is 0.889. The normalized spacial score (nSPS) is 34.5. The van der Waals surface area contributed by atoms with Crippen LogP contribution in [0.3, 0.4) is 0 Å². The number of carboxylic acid groups (broad SMARTS) is 1. The third-order valence-corrected chi connectivity index (χ3v) is 3.98. The van der Waals surface area contributed by atoms with Crippen LogP contribution >= 0.6 is 11.8 Å². The predicted molar refractivity (Wildman–Crippen MR) is 53.1 cm³/mol. The molecule has 1 aliphatic heterocycles. The van der Waals surface area contributed by atoms with Crippen molar-refractivity contribution in [2.24, 2.45) is 0 Å². The molecular formula is C9H15NO2S. The lowest BCUT2D eigenvalue weighted by molar-refractivity contribution is -0.144. The summed E-state index contributed by atoms with van der Waals surface area (Å²) in [7, 11) is 0. The minimum atomic E-state index is -0.661. The van der Waals surface area contributed by atoms with Crippen molar-refractivity contribution in [1.29, 1.82) is 0 Å². The molecule has 0 aromatic carbocycles. The standard InChI is InChI=1S/C9H15NO2S/c11-8(12)9(10-7-2-3-7)4-1-5-13-6-9/h7,10H,1-6H2,(H,11,12). The van der Waals surface area contributed by atoms with Crippen LogP contribution in [-0.4, -0.2) is 34.2 Å². The molecule has 74 valence electrons. The number of carbonyl (C=O) groups is 1. The van der Waals surface area contributed by atoms with Gasteiger partial charge in [-0.05, 0) is 31.4 Å². The summed E-state index contributed by atoms with van der Waals surface area (Å²) in [6.45, 7) is 0. The average molecular weight is 201 g/mol. The molecule has 1 saturated carbocycles. The predicted octanol–water partition coefficient (Wildman–Crippen LogP) is 1.09. The van der Waals surface area contributed by atoms with Gasteiger partial charge in [0.05, 0.1) is 0 Å². The molecule has 1 aliphatic carbocycles. The van der Waals surface area contributed by atoms with Gasteiger partial charge in [-0.25, -0.2) is 0 Å². The van der Waals surface area contributed by atoms with E-state index in [0.29, 0.717) is 6.04 Å². The van der Waals surface area contributed by atoms with E-state index in [2.05, 4.69) is 5.32 Å². The minimum Gasteiger partial charge on any atom is -0.480 e. The Morgan fingerprint density at radius 1 is 1.54 bits per heavy atom. The number of aliphatic carboxylic acids is 1. The molecule has 13 heavy (non-hydrogen) atoms. The van der Waals surface area contributed by atoms with Gasteiger partial charge in [-0.2, -0.15) is 11.8 Å². The highest BCUT2D eigenvalue weighted by atomic mass is 32.2. The Bertz CT molecular complexity index is 210. The third-order valence-electron chi connectivity index (χ3n) is 2.71. The Labute approximate surface area is 82.3 Å². The summed E-state index contributed by atoms with van der Waals surface area (Å²) in [6, 6.07) is 0.481. The molecule has 2 N–H and O–H groups in total. The first-order valence-corrected chi connectivity index (χ1v) is 5.97. The summed E-state index contributed by atoms with van der Waals surface area (Å²) in [5.74, 6) is 1.19. The minimum absolute atomic E-state index is 0.481. The number of carboxylic acids is 1. The van der Waals surface area contributed by atoms with Crippen molar-refractivity contribution in [1.82, 2.24) is 5.32 Å². The van der Waals surface area contributed by atoms with Crippen molar-refractivity contribution in [3.8, 4) is 0 Å². The molecule has 0 bridgehead atoms. The van der Waals surface area contributed by atoms with Crippen LogP contribution in [-0.2, 0) is 4.79 Å². The highest BCUT2D eigenvalue weighted by Gasteiger charge is 2.43. The average Bonchev–Trinajstić information content (AvgIpc) is 2.90. The smallest absolute Gasteiger partial charge is 0.324 e. The Balaban J connectivity index is 2.02.